The van der Waals surface area contributed by atoms with Gasteiger partial charge in [-0.1, -0.05) is 23.9 Å². The minimum absolute atomic E-state index is 0.146. The lowest BCUT2D eigenvalue weighted by Gasteiger charge is -2.32. The first-order valence-corrected chi connectivity index (χ1v) is 9.60. The molecule has 1 aromatic heterocycles. The van der Waals surface area contributed by atoms with Crippen LogP contribution in [0.15, 0.2) is 34.0 Å². The van der Waals surface area contributed by atoms with Crippen LogP contribution in [0, 0.1) is 6.92 Å². The van der Waals surface area contributed by atoms with Gasteiger partial charge >= 0.3 is 0 Å². The molecule has 6 heteroatoms. The summed E-state index contributed by atoms with van der Waals surface area (Å²) < 4.78 is 1.10. The van der Waals surface area contributed by atoms with Crippen LogP contribution in [0.25, 0.3) is 0 Å². The van der Waals surface area contributed by atoms with Crippen LogP contribution in [-0.4, -0.2) is 53.9 Å². The number of nitrogens with zero attached hydrogens (tertiary/aromatic N) is 3. The first-order valence-electron chi connectivity index (χ1n) is 7.73. The molecule has 2 heterocycles. The summed E-state index contributed by atoms with van der Waals surface area (Å²) in [6.07, 6.45) is 0. The number of thiazole rings is 1. The zero-order chi connectivity index (χ0) is 16.2. The predicted molar refractivity (Wildman–Crippen MR) is 96.3 cm³/mol. The van der Waals surface area contributed by atoms with E-state index in [9.17, 15) is 4.79 Å². The van der Waals surface area contributed by atoms with Crippen molar-refractivity contribution < 1.29 is 4.79 Å². The molecule has 1 amide bonds. The molecule has 4 nitrogen and oxygen atoms in total. The van der Waals surface area contributed by atoms with E-state index in [1.807, 2.05) is 24.0 Å². The van der Waals surface area contributed by atoms with Crippen molar-refractivity contribution in [3.8, 4) is 0 Å². The number of amides is 1. The first kappa shape index (κ1) is 16.5. The Morgan fingerprint density at radius 3 is 2.52 bits per heavy atom. The van der Waals surface area contributed by atoms with Gasteiger partial charge in [-0.05, 0) is 31.7 Å². The van der Waals surface area contributed by atoms with Crippen LogP contribution < -0.4 is 0 Å². The zero-order valence-electron chi connectivity index (χ0n) is 13.5. The van der Waals surface area contributed by atoms with Gasteiger partial charge in [-0.25, -0.2) is 4.98 Å². The van der Waals surface area contributed by atoms with Gasteiger partial charge in [-0.15, -0.1) is 11.3 Å². The van der Waals surface area contributed by atoms with Gasteiger partial charge in [0, 0.05) is 48.6 Å². The van der Waals surface area contributed by atoms with Crippen LogP contribution in [0.4, 0.5) is 0 Å². The van der Waals surface area contributed by atoms with Crippen LogP contribution in [0.1, 0.15) is 21.6 Å². The maximum atomic E-state index is 12.5. The standard InChI is InChI=1S/C17H21N3OS2/c1-13-11-22-17(18-13)23-12-14-3-5-15(6-4-14)16(21)20-9-7-19(2)8-10-20/h3-6,11H,7-10,12H2,1-2H3. The van der Waals surface area contributed by atoms with Gasteiger partial charge in [0.05, 0.1) is 0 Å². The highest BCUT2D eigenvalue weighted by atomic mass is 32.2. The smallest absolute Gasteiger partial charge is 0.253 e. The van der Waals surface area contributed by atoms with Crippen molar-refractivity contribution in [1.82, 2.24) is 14.8 Å². The topological polar surface area (TPSA) is 36.4 Å². The summed E-state index contributed by atoms with van der Waals surface area (Å²) >= 11 is 3.43. The molecule has 0 spiro atoms. The maximum Gasteiger partial charge on any atom is 0.253 e. The second kappa shape index (κ2) is 7.47. The van der Waals surface area contributed by atoms with Gasteiger partial charge in [0.2, 0.25) is 0 Å². The van der Waals surface area contributed by atoms with Gasteiger partial charge < -0.3 is 9.80 Å². The number of aromatic nitrogens is 1. The zero-order valence-corrected chi connectivity index (χ0v) is 15.1. The molecule has 0 N–H and O–H groups in total. The molecule has 0 unspecified atom stereocenters. The summed E-state index contributed by atoms with van der Waals surface area (Å²) in [5, 5.41) is 2.07. The summed E-state index contributed by atoms with van der Waals surface area (Å²) in [7, 11) is 2.10. The molecule has 3 rings (SSSR count). The second-order valence-electron chi connectivity index (χ2n) is 5.84. The molecule has 1 saturated heterocycles. The fraction of sp³-hybridized carbons (Fsp3) is 0.412. The molecule has 0 atom stereocenters. The fourth-order valence-corrected chi connectivity index (χ4v) is 4.28. The van der Waals surface area contributed by atoms with E-state index in [0.29, 0.717) is 0 Å². The molecule has 0 bridgehead atoms. The van der Waals surface area contributed by atoms with Crippen LogP contribution in [-0.2, 0) is 5.75 Å². The molecular formula is C17H21N3OS2. The van der Waals surface area contributed by atoms with Crippen LogP contribution in [0.5, 0.6) is 0 Å². The number of hydrogen-bond acceptors (Lipinski definition) is 5. The van der Waals surface area contributed by atoms with E-state index in [2.05, 4.69) is 34.4 Å². The molecule has 1 aliphatic rings. The van der Waals surface area contributed by atoms with Crippen molar-refractivity contribution in [2.75, 3.05) is 33.2 Å². The predicted octanol–water partition coefficient (Wildman–Crippen LogP) is 3.13. The van der Waals surface area contributed by atoms with Crippen molar-refractivity contribution in [1.29, 1.82) is 0 Å². The average Bonchev–Trinajstić information content (AvgIpc) is 2.99. The Kier molecular flexibility index (Phi) is 5.35. The lowest BCUT2D eigenvalue weighted by atomic mass is 10.1. The highest BCUT2D eigenvalue weighted by Crippen LogP contribution is 2.26. The molecule has 0 aliphatic carbocycles. The number of thioether (sulfide) groups is 1. The summed E-state index contributed by atoms with van der Waals surface area (Å²) in [6, 6.07) is 8.00. The largest absolute Gasteiger partial charge is 0.336 e. The van der Waals surface area contributed by atoms with Crippen LogP contribution >= 0.6 is 23.1 Å². The van der Waals surface area contributed by atoms with Gasteiger partial charge in [0.15, 0.2) is 0 Å². The molecule has 0 saturated carbocycles. The minimum atomic E-state index is 0.146. The van der Waals surface area contributed by atoms with Gasteiger partial charge in [0.1, 0.15) is 4.34 Å². The summed E-state index contributed by atoms with van der Waals surface area (Å²) in [4.78, 5) is 21.2. The third kappa shape index (κ3) is 4.34. The second-order valence-corrected chi connectivity index (χ2v) is 7.92. The highest BCUT2D eigenvalue weighted by Gasteiger charge is 2.20. The molecule has 1 aliphatic heterocycles. The van der Waals surface area contributed by atoms with Crippen LogP contribution in [0.3, 0.4) is 0 Å². The molecule has 1 aromatic carbocycles. The minimum Gasteiger partial charge on any atom is -0.336 e. The van der Waals surface area contributed by atoms with Crippen molar-refractivity contribution in [3.63, 3.8) is 0 Å². The Hall–Kier alpha value is -1.37. The average molecular weight is 348 g/mol. The number of likely N-dealkylation sites (N-methyl/N-ethyl adjacent to an activating group) is 1. The molecule has 2 aromatic rings. The number of hydrogen-bond donors (Lipinski definition) is 0. The Morgan fingerprint density at radius 2 is 1.91 bits per heavy atom. The third-order valence-corrected chi connectivity index (χ3v) is 6.16. The van der Waals surface area contributed by atoms with Crippen molar-refractivity contribution in [2.24, 2.45) is 0 Å². The van der Waals surface area contributed by atoms with E-state index in [-0.39, 0.29) is 5.91 Å². The Labute approximate surface area is 145 Å². The first-order chi connectivity index (χ1) is 11.1. The lowest BCUT2D eigenvalue weighted by molar-refractivity contribution is 0.0664. The van der Waals surface area contributed by atoms with Crippen molar-refractivity contribution >= 4 is 29.0 Å². The number of aryl methyl sites for hydroxylation is 1. The molecule has 0 radical (unpaired) electrons. The van der Waals surface area contributed by atoms with E-state index in [1.165, 1.54) is 5.56 Å². The van der Waals surface area contributed by atoms with Gasteiger partial charge in [-0.3, -0.25) is 4.79 Å². The van der Waals surface area contributed by atoms with E-state index in [4.69, 9.17) is 0 Å². The van der Waals surface area contributed by atoms with E-state index >= 15 is 0 Å². The van der Waals surface area contributed by atoms with E-state index in [0.717, 1.165) is 47.5 Å². The number of piperazine rings is 1. The van der Waals surface area contributed by atoms with Gasteiger partial charge in [-0.2, -0.15) is 0 Å². The fourth-order valence-electron chi connectivity index (χ4n) is 2.48. The summed E-state index contributed by atoms with van der Waals surface area (Å²) in [5.74, 6) is 1.03. The lowest BCUT2D eigenvalue weighted by Crippen LogP contribution is -2.47. The Balaban J connectivity index is 1.57. The monoisotopic (exact) mass is 347 g/mol. The summed E-state index contributed by atoms with van der Waals surface area (Å²) in [5.41, 5.74) is 3.08. The third-order valence-electron chi connectivity index (χ3n) is 3.95. The SMILES string of the molecule is Cc1csc(SCc2ccc(C(=O)N3CCN(C)CC3)cc2)n1. The molecule has 122 valence electrons. The Bertz CT molecular complexity index is 661. The molecule has 1 fully saturated rings. The number of rotatable bonds is 4. The van der Waals surface area contributed by atoms with Gasteiger partial charge in [0.25, 0.3) is 5.91 Å². The number of carbonyl (C=O) groups is 1. The van der Waals surface area contributed by atoms with Crippen molar-refractivity contribution in [2.45, 2.75) is 17.0 Å². The summed E-state index contributed by atoms with van der Waals surface area (Å²) in [6.45, 7) is 5.55. The highest BCUT2D eigenvalue weighted by molar-refractivity contribution is 8.00. The maximum absolute atomic E-state index is 12.5. The number of benzene rings is 1. The van der Waals surface area contributed by atoms with Crippen molar-refractivity contribution in [3.05, 3.63) is 46.5 Å². The van der Waals surface area contributed by atoms with Crippen LogP contribution in [0.2, 0.25) is 0 Å². The molecular weight excluding hydrogens is 326 g/mol. The number of carbonyl (C=O) groups excluding carboxylic acids is 1. The van der Waals surface area contributed by atoms with E-state index < -0.39 is 0 Å². The normalized spacial score (nSPS) is 15.8. The Morgan fingerprint density at radius 1 is 1.22 bits per heavy atom. The molecule has 23 heavy (non-hydrogen) atoms. The quantitative estimate of drug-likeness (QED) is 0.796. The van der Waals surface area contributed by atoms with E-state index in [1.54, 1.807) is 23.1 Å².